The molecule has 13 heavy (non-hydrogen) atoms. The van der Waals surface area contributed by atoms with Gasteiger partial charge < -0.3 is 15.2 Å². The molecule has 0 aliphatic carbocycles. The number of rotatable bonds is 4. The molecule has 0 radical (unpaired) electrons. The molecule has 0 amide bonds. The molecule has 2 atom stereocenters. The van der Waals surface area contributed by atoms with Crippen LogP contribution in [0.15, 0.2) is 0 Å². The maximum Gasteiger partial charge on any atom is 0.323 e. The Morgan fingerprint density at radius 1 is 1.77 bits per heavy atom. The minimum Gasteiger partial charge on any atom is -0.459 e. The molecule has 1 rings (SSSR count). The molecule has 1 aliphatic heterocycles. The van der Waals surface area contributed by atoms with E-state index in [9.17, 15) is 4.79 Å². The number of hydrogen-bond acceptors (Lipinski definition) is 5. The fraction of sp³-hybridized carbons (Fsp3) is 0.875. The molecular formula is C8H15NO3S. The van der Waals surface area contributed by atoms with Gasteiger partial charge in [0.25, 0.3) is 0 Å². The fourth-order valence-corrected chi connectivity index (χ4v) is 1.39. The Morgan fingerprint density at radius 3 is 3.08 bits per heavy atom. The highest BCUT2D eigenvalue weighted by atomic mass is 32.1. The van der Waals surface area contributed by atoms with E-state index >= 15 is 0 Å². The van der Waals surface area contributed by atoms with Crippen molar-refractivity contribution in [3.05, 3.63) is 0 Å². The van der Waals surface area contributed by atoms with Crippen LogP contribution in [0.2, 0.25) is 0 Å². The van der Waals surface area contributed by atoms with E-state index < -0.39 is 6.04 Å². The number of hydrogen-bond donors (Lipinski definition) is 2. The van der Waals surface area contributed by atoms with Crippen LogP contribution in [0, 0.1) is 0 Å². The Labute approximate surface area is 83.2 Å². The van der Waals surface area contributed by atoms with Crippen LogP contribution in [0.3, 0.4) is 0 Å². The molecule has 0 aromatic carbocycles. The molecule has 1 fully saturated rings. The Hall–Kier alpha value is -0.260. The topological polar surface area (TPSA) is 61.6 Å². The van der Waals surface area contributed by atoms with Gasteiger partial charge in [-0.15, -0.1) is 0 Å². The van der Waals surface area contributed by atoms with Gasteiger partial charge in [-0.2, -0.15) is 12.6 Å². The molecule has 1 saturated heterocycles. The van der Waals surface area contributed by atoms with E-state index in [-0.39, 0.29) is 12.1 Å². The summed E-state index contributed by atoms with van der Waals surface area (Å²) in [6, 6.07) is -0.543. The highest BCUT2D eigenvalue weighted by Crippen LogP contribution is 2.09. The average Bonchev–Trinajstić information content (AvgIpc) is 2.57. The predicted octanol–water partition coefficient (Wildman–Crippen LogP) is -0.0343. The van der Waals surface area contributed by atoms with E-state index in [1.54, 1.807) is 0 Å². The summed E-state index contributed by atoms with van der Waals surface area (Å²) in [5, 5.41) is 0. The standard InChI is InChI=1S/C8H15NO3S/c9-7(2-4-13)8(10)12-6-1-3-11-5-6/h6-7,13H,1-5,9H2. The molecule has 0 spiro atoms. The van der Waals surface area contributed by atoms with Crippen LogP contribution in [-0.2, 0) is 14.3 Å². The van der Waals surface area contributed by atoms with Gasteiger partial charge in [0.2, 0.25) is 0 Å². The molecule has 2 N–H and O–H groups in total. The van der Waals surface area contributed by atoms with Crippen LogP contribution in [0.1, 0.15) is 12.8 Å². The molecule has 0 bridgehead atoms. The lowest BCUT2D eigenvalue weighted by Gasteiger charge is -2.13. The highest BCUT2D eigenvalue weighted by molar-refractivity contribution is 7.80. The minimum atomic E-state index is -0.543. The summed E-state index contributed by atoms with van der Waals surface area (Å²) >= 11 is 3.99. The van der Waals surface area contributed by atoms with E-state index in [1.807, 2.05) is 0 Å². The molecule has 76 valence electrons. The number of esters is 1. The Bertz CT molecular complexity index is 171. The van der Waals surface area contributed by atoms with Crippen molar-refractivity contribution in [3.63, 3.8) is 0 Å². The molecule has 1 heterocycles. The zero-order valence-corrected chi connectivity index (χ0v) is 8.33. The quantitative estimate of drug-likeness (QED) is 0.499. The molecule has 0 aromatic heterocycles. The van der Waals surface area contributed by atoms with Crippen molar-refractivity contribution in [2.24, 2.45) is 5.73 Å². The zero-order valence-electron chi connectivity index (χ0n) is 7.44. The lowest BCUT2D eigenvalue weighted by molar-refractivity contribution is -0.150. The van der Waals surface area contributed by atoms with Crippen LogP contribution < -0.4 is 5.73 Å². The van der Waals surface area contributed by atoms with Crippen molar-refractivity contribution >= 4 is 18.6 Å². The Balaban J connectivity index is 2.22. The van der Waals surface area contributed by atoms with Crippen LogP contribution in [0.4, 0.5) is 0 Å². The minimum absolute atomic E-state index is 0.0986. The second-order valence-corrected chi connectivity index (χ2v) is 3.49. The summed E-state index contributed by atoms with van der Waals surface area (Å²) in [5.41, 5.74) is 5.54. The van der Waals surface area contributed by atoms with E-state index in [4.69, 9.17) is 15.2 Å². The van der Waals surface area contributed by atoms with Gasteiger partial charge in [-0.1, -0.05) is 0 Å². The first kappa shape index (κ1) is 10.8. The molecule has 1 aliphatic rings. The van der Waals surface area contributed by atoms with Gasteiger partial charge >= 0.3 is 5.97 Å². The van der Waals surface area contributed by atoms with Gasteiger partial charge in [-0.3, -0.25) is 4.79 Å². The van der Waals surface area contributed by atoms with Gasteiger partial charge in [-0.05, 0) is 12.2 Å². The van der Waals surface area contributed by atoms with Crippen LogP contribution in [-0.4, -0.2) is 37.1 Å². The van der Waals surface area contributed by atoms with E-state index in [0.717, 1.165) is 6.42 Å². The van der Waals surface area contributed by atoms with Crippen molar-refractivity contribution in [2.45, 2.75) is 25.0 Å². The fourth-order valence-electron chi connectivity index (χ4n) is 1.11. The summed E-state index contributed by atoms with van der Waals surface area (Å²) in [6.07, 6.45) is 1.23. The summed E-state index contributed by atoms with van der Waals surface area (Å²) in [6.45, 7) is 1.17. The molecule has 0 saturated carbocycles. The third-order valence-corrected chi connectivity index (χ3v) is 2.17. The molecule has 4 nitrogen and oxygen atoms in total. The largest absolute Gasteiger partial charge is 0.459 e. The van der Waals surface area contributed by atoms with Crippen molar-refractivity contribution in [1.82, 2.24) is 0 Å². The summed E-state index contributed by atoms with van der Waals surface area (Å²) in [4.78, 5) is 11.3. The molecular weight excluding hydrogens is 190 g/mol. The van der Waals surface area contributed by atoms with Crippen molar-refractivity contribution < 1.29 is 14.3 Å². The van der Waals surface area contributed by atoms with E-state index in [2.05, 4.69) is 12.6 Å². The smallest absolute Gasteiger partial charge is 0.323 e. The van der Waals surface area contributed by atoms with Crippen molar-refractivity contribution in [3.8, 4) is 0 Å². The van der Waals surface area contributed by atoms with Crippen LogP contribution >= 0.6 is 12.6 Å². The SMILES string of the molecule is NC(CCS)C(=O)OC1CCOC1. The number of ether oxygens (including phenoxy) is 2. The summed E-state index contributed by atoms with van der Waals surface area (Å²) < 4.78 is 10.2. The van der Waals surface area contributed by atoms with E-state index in [1.165, 1.54) is 0 Å². The molecule has 5 heteroatoms. The maximum absolute atomic E-state index is 11.3. The number of nitrogens with two attached hydrogens (primary N) is 1. The lowest BCUT2D eigenvalue weighted by Crippen LogP contribution is -2.35. The third-order valence-electron chi connectivity index (χ3n) is 1.91. The third kappa shape index (κ3) is 3.54. The van der Waals surface area contributed by atoms with Gasteiger partial charge in [0.05, 0.1) is 13.2 Å². The average molecular weight is 205 g/mol. The van der Waals surface area contributed by atoms with Gasteiger partial charge in [0.1, 0.15) is 12.1 Å². The van der Waals surface area contributed by atoms with Crippen molar-refractivity contribution in [2.75, 3.05) is 19.0 Å². The van der Waals surface area contributed by atoms with Crippen LogP contribution in [0.5, 0.6) is 0 Å². The van der Waals surface area contributed by atoms with Crippen molar-refractivity contribution in [1.29, 1.82) is 0 Å². The van der Waals surface area contributed by atoms with Gasteiger partial charge in [-0.25, -0.2) is 0 Å². The maximum atomic E-state index is 11.3. The molecule has 2 unspecified atom stereocenters. The Kier molecular flexibility index (Phi) is 4.55. The second kappa shape index (κ2) is 5.47. The first-order valence-corrected chi connectivity index (χ1v) is 5.02. The number of carbonyl (C=O) groups excluding carboxylic acids is 1. The lowest BCUT2D eigenvalue weighted by atomic mass is 10.2. The summed E-state index contributed by atoms with van der Waals surface area (Å²) in [7, 11) is 0. The zero-order chi connectivity index (χ0) is 9.68. The van der Waals surface area contributed by atoms with Crippen LogP contribution in [0.25, 0.3) is 0 Å². The number of carbonyl (C=O) groups is 1. The second-order valence-electron chi connectivity index (χ2n) is 3.04. The first-order valence-electron chi connectivity index (χ1n) is 4.38. The predicted molar refractivity (Wildman–Crippen MR) is 51.8 cm³/mol. The van der Waals surface area contributed by atoms with Gasteiger partial charge in [0.15, 0.2) is 0 Å². The Morgan fingerprint density at radius 2 is 2.54 bits per heavy atom. The highest BCUT2D eigenvalue weighted by Gasteiger charge is 2.22. The monoisotopic (exact) mass is 205 g/mol. The molecule has 0 aromatic rings. The van der Waals surface area contributed by atoms with E-state index in [0.29, 0.717) is 25.4 Å². The normalized spacial score (nSPS) is 24.3. The van der Waals surface area contributed by atoms with Gasteiger partial charge in [0, 0.05) is 6.42 Å². The first-order chi connectivity index (χ1) is 6.24. The summed E-state index contributed by atoms with van der Waals surface area (Å²) in [5.74, 6) is 0.252. The number of thiol groups is 1.